The largest absolute Gasteiger partial charge is 0.341 e. The molecular formula is C28H36N4O3. The number of anilines is 1. The summed E-state index contributed by atoms with van der Waals surface area (Å²) in [7, 11) is 3.55. The summed E-state index contributed by atoms with van der Waals surface area (Å²) >= 11 is 0. The Labute approximate surface area is 208 Å². The van der Waals surface area contributed by atoms with Gasteiger partial charge in [-0.25, -0.2) is 0 Å². The number of piperidine rings is 1. The third kappa shape index (κ3) is 4.51. The van der Waals surface area contributed by atoms with E-state index in [1.54, 1.807) is 22.9 Å². The van der Waals surface area contributed by atoms with Gasteiger partial charge in [0.05, 0.1) is 6.67 Å². The molecule has 0 saturated carbocycles. The Bertz CT molecular complexity index is 1090. The molecule has 0 N–H and O–H groups in total. The maximum absolute atomic E-state index is 13.7. The highest BCUT2D eigenvalue weighted by Gasteiger charge is 2.53. The van der Waals surface area contributed by atoms with Crippen LogP contribution in [0.5, 0.6) is 0 Å². The molecule has 2 saturated heterocycles. The van der Waals surface area contributed by atoms with Gasteiger partial charge in [0.2, 0.25) is 11.8 Å². The van der Waals surface area contributed by atoms with E-state index in [-0.39, 0.29) is 23.6 Å². The number of carbonyl (C=O) groups is 3. The predicted molar refractivity (Wildman–Crippen MR) is 137 cm³/mol. The van der Waals surface area contributed by atoms with Crippen molar-refractivity contribution in [1.29, 1.82) is 0 Å². The zero-order valence-electron chi connectivity index (χ0n) is 21.4. The van der Waals surface area contributed by atoms with Crippen molar-refractivity contribution in [1.82, 2.24) is 14.7 Å². The van der Waals surface area contributed by atoms with Crippen LogP contribution in [0.4, 0.5) is 5.69 Å². The highest BCUT2D eigenvalue weighted by atomic mass is 16.2. The Morgan fingerprint density at radius 2 is 1.66 bits per heavy atom. The van der Waals surface area contributed by atoms with Crippen LogP contribution in [-0.4, -0.2) is 77.9 Å². The number of hydrogen-bond donors (Lipinski definition) is 0. The normalized spacial score (nSPS) is 18.3. The van der Waals surface area contributed by atoms with Crippen LogP contribution in [0.1, 0.15) is 42.6 Å². The second-order valence-electron chi connectivity index (χ2n) is 10.2. The fourth-order valence-corrected chi connectivity index (χ4v) is 5.59. The van der Waals surface area contributed by atoms with Gasteiger partial charge in [-0.1, -0.05) is 49.7 Å². The Morgan fingerprint density at radius 3 is 2.26 bits per heavy atom. The van der Waals surface area contributed by atoms with Crippen molar-refractivity contribution in [3.8, 4) is 0 Å². The van der Waals surface area contributed by atoms with Gasteiger partial charge in [0.1, 0.15) is 11.6 Å². The van der Waals surface area contributed by atoms with Crippen LogP contribution in [0.15, 0.2) is 54.6 Å². The summed E-state index contributed by atoms with van der Waals surface area (Å²) in [6, 6.07) is 16.9. The predicted octanol–water partition coefficient (Wildman–Crippen LogP) is 3.39. The van der Waals surface area contributed by atoms with Gasteiger partial charge in [0.25, 0.3) is 5.91 Å². The van der Waals surface area contributed by atoms with Gasteiger partial charge in [-0.15, -0.1) is 0 Å². The van der Waals surface area contributed by atoms with E-state index in [4.69, 9.17) is 0 Å². The molecule has 2 heterocycles. The molecule has 7 nitrogen and oxygen atoms in total. The van der Waals surface area contributed by atoms with Crippen molar-refractivity contribution in [2.75, 3.05) is 38.8 Å². The standard InChI is InChI=1S/C28H36N4O3/c1-20(2)24(30(5)25(33)22-11-9-10-21(3)18-22)26(34)31-16-14-28(15-17-31)27(35)29(4)19-32(28)23-12-7-6-8-13-23/h6-13,18,20,24H,14-17,19H2,1-5H3. The zero-order valence-corrected chi connectivity index (χ0v) is 21.4. The lowest BCUT2D eigenvalue weighted by atomic mass is 9.85. The molecule has 2 aliphatic heterocycles. The Morgan fingerprint density at radius 1 is 1.00 bits per heavy atom. The summed E-state index contributed by atoms with van der Waals surface area (Å²) in [6.45, 7) is 7.40. The molecule has 2 aromatic rings. The first-order chi connectivity index (χ1) is 16.7. The van der Waals surface area contributed by atoms with Crippen molar-refractivity contribution in [2.45, 2.75) is 45.2 Å². The van der Waals surface area contributed by atoms with Crippen LogP contribution in [-0.2, 0) is 9.59 Å². The van der Waals surface area contributed by atoms with Crippen LogP contribution in [0.2, 0.25) is 0 Å². The lowest BCUT2D eigenvalue weighted by Crippen LogP contribution is -2.60. The van der Waals surface area contributed by atoms with Gasteiger partial charge >= 0.3 is 0 Å². The van der Waals surface area contributed by atoms with E-state index >= 15 is 0 Å². The number of hydrogen-bond acceptors (Lipinski definition) is 4. The van der Waals surface area contributed by atoms with Crippen LogP contribution in [0.25, 0.3) is 0 Å². The fraction of sp³-hybridized carbons (Fsp3) is 0.464. The fourth-order valence-electron chi connectivity index (χ4n) is 5.59. The molecule has 2 aromatic carbocycles. The summed E-state index contributed by atoms with van der Waals surface area (Å²) in [6.07, 6.45) is 1.13. The van der Waals surface area contributed by atoms with E-state index in [0.29, 0.717) is 38.2 Å². The molecule has 0 bridgehead atoms. The van der Waals surface area contributed by atoms with E-state index in [9.17, 15) is 14.4 Å². The first-order valence-electron chi connectivity index (χ1n) is 12.4. The monoisotopic (exact) mass is 476 g/mol. The van der Waals surface area contributed by atoms with Crippen molar-refractivity contribution in [3.05, 3.63) is 65.7 Å². The summed E-state index contributed by atoms with van der Waals surface area (Å²) in [5.41, 5.74) is 1.98. The number of carbonyl (C=O) groups excluding carboxylic acids is 3. The molecule has 1 atom stereocenters. The second kappa shape index (κ2) is 9.72. The summed E-state index contributed by atoms with van der Waals surface area (Å²) in [5, 5.41) is 0. The molecule has 7 heteroatoms. The molecule has 0 aromatic heterocycles. The topological polar surface area (TPSA) is 64.2 Å². The SMILES string of the molecule is Cc1cccc(C(=O)N(C)C(C(=O)N2CCC3(CC2)C(=O)N(C)CN3c2ccccc2)C(C)C)c1. The number of rotatable bonds is 5. The van der Waals surface area contributed by atoms with Crippen molar-refractivity contribution in [3.63, 3.8) is 0 Å². The molecule has 1 unspecified atom stereocenters. The van der Waals surface area contributed by atoms with Crippen molar-refractivity contribution < 1.29 is 14.4 Å². The molecule has 1 spiro atoms. The number of likely N-dealkylation sites (N-methyl/N-ethyl adjacent to an activating group) is 2. The van der Waals surface area contributed by atoms with Gasteiger partial charge in [0, 0.05) is 38.4 Å². The molecule has 2 aliphatic rings. The Hall–Kier alpha value is -3.35. The first kappa shape index (κ1) is 24.8. The maximum Gasteiger partial charge on any atom is 0.254 e. The Kier molecular flexibility index (Phi) is 6.88. The van der Waals surface area contributed by atoms with E-state index in [1.165, 1.54) is 0 Å². The minimum Gasteiger partial charge on any atom is -0.341 e. The summed E-state index contributed by atoms with van der Waals surface area (Å²) < 4.78 is 0. The van der Waals surface area contributed by atoms with Crippen LogP contribution in [0.3, 0.4) is 0 Å². The smallest absolute Gasteiger partial charge is 0.254 e. The summed E-state index contributed by atoms with van der Waals surface area (Å²) in [5.74, 6) is -0.140. The number of benzene rings is 2. The quantitative estimate of drug-likeness (QED) is 0.664. The molecular weight excluding hydrogens is 440 g/mol. The van der Waals surface area contributed by atoms with Crippen molar-refractivity contribution in [2.24, 2.45) is 5.92 Å². The number of likely N-dealkylation sites (tertiary alicyclic amines) is 1. The molecule has 3 amide bonds. The molecule has 186 valence electrons. The number of aryl methyl sites for hydroxylation is 1. The number of amides is 3. The van der Waals surface area contributed by atoms with E-state index in [1.807, 2.05) is 81.2 Å². The zero-order chi connectivity index (χ0) is 25.3. The highest BCUT2D eigenvalue weighted by molar-refractivity contribution is 5.98. The van der Waals surface area contributed by atoms with Gasteiger partial charge in [-0.2, -0.15) is 0 Å². The maximum atomic E-state index is 13.7. The first-order valence-corrected chi connectivity index (χ1v) is 12.4. The molecule has 0 radical (unpaired) electrons. The summed E-state index contributed by atoms with van der Waals surface area (Å²) in [4.78, 5) is 47.6. The third-order valence-electron chi connectivity index (χ3n) is 7.47. The van der Waals surface area contributed by atoms with Crippen LogP contribution >= 0.6 is 0 Å². The molecule has 4 rings (SSSR count). The van der Waals surface area contributed by atoms with E-state index in [0.717, 1.165) is 11.3 Å². The average molecular weight is 477 g/mol. The van der Waals surface area contributed by atoms with Gasteiger partial charge < -0.3 is 19.6 Å². The van der Waals surface area contributed by atoms with Crippen molar-refractivity contribution >= 4 is 23.4 Å². The lowest BCUT2D eigenvalue weighted by Gasteiger charge is -2.45. The third-order valence-corrected chi connectivity index (χ3v) is 7.47. The van der Waals surface area contributed by atoms with E-state index in [2.05, 4.69) is 4.90 Å². The van der Waals surface area contributed by atoms with Gasteiger partial charge in [0.15, 0.2) is 0 Å². The minimum absolute atomic E-state index is 0.0443. The molecule has 0 aliphatic carbocycles. The Balaban J connectivity index is 1.51. The molecule has 35 heavy (non-hydrogen) atoms. The number of para-hydroxylation sites is 1. The van der Waals surface area contributed by atoms with Gasteiger partial charge in [-0.3, -0.25) is 14.4 Å². The van der Waals surface area contributed by atoms with Gasteiger partial charge in [-0.05, 0) is 49.9 Å². The second-order valence-corrected chi connectivity index (χ2v) is 10.2. The lowest BCUT2D eigenvalue weighted by molar-refractivity contribution is -0.141. The molecule has 2 fully saturated rings. The minimum atomic E-state index is -0.635. The highest BCUT2D eigenvalue weighted by Crippen LogP contribution is 2.39. The van der Waals surface area contributed by atoms with E-state index < -0.39 is 11.6 Å². The van der Waals surface area contributed by atoms with Crippen LogP contribution in [0, 0.1) is 12.8 Å². The van der Waals surface area contributed by atoms with Crippen LogP contribution < -0.4 is 4.90 Å². The average Bonchev–Trinajstić information content (AvgIpc) is 3.09. The number of nitrogens with zero attached hydrogens (tertiary/aromatic N) is 4.